The quantitative estimate of drug-likeness (QED) is 0.0554. The lowest BCUT2D eigenvalue weighted by Gasteiger charge is -2.43. The number of hydrogen-bond acceptors (Lipinski definition) is 16. The van der Waals surface area contributed by atoms with Gasteiger partial charge in [-0.1, -0.05) is 77.1 Å². The Labute approximate surface area is 421 Å². The Morgan fingerprint density at radius 3 is 2.18 bits per heavy atom. The molecule has 3 aliphatic rings. The summed E-state index contributed by atoms with van der Waals surface area (Å²) in [6, 6.07) is 9.63. The van der Waals surface area contributed by atoms with Gasteiger partial charge in [-0.15, -0.1) is 0 Å². The highest BCUT2D eigenvalue weighted by molar-refractivity contribution is 6.31. The van der Waals surface area contributed by atoms with Gasteiger partial charge in [0.15, 0.2) is 17.9 Å². The first-order chi connectivity index (χ1) is 34.4. The summed E-state index contributed by atoms with van der Waals surface area (Å²) in [5, 5.41) is 69.5. The summed E-state index contributed by atoms with van der Waals surface area (Å²) in [5.74, 6) is -7.67. The number of amides is 5. The number of aliphatic hydroxyl groups is 3. The predicted molar refractivity (Wildman–Crippen MR) is 259 cm³/mol. The number of aromatic hydroxyl groups is 2. The third-order valence-corrected chi connectivity index (χ3v) is 13.7. The molecule has 0 bridgehead atoms. The minimum Gasteiger partial charge on any atom is -0.507 e. The van der Waals surface area contributed by atoms with Gasteiger partial charge in [-0.2, -0.15) is 0 Å². The molecule has 0 aromatic heterocycles. The van der Waals surface area contributed by atoms with Crippen molar-refractivity contribution < 1.29 is 78.1 Å². The fourth-order valence-electron chi connectivity index (χ4n) is 9.25. The molecule has 2 aliphatic carbocycles. The number of hydrogen-bond donors (Lipinski definition) is 10. The average Bonchev–Trinajstić information content (AvgIpc) is 3.35. The number of carbonyl (C=O) groups is 8. The predicted octanol–water partition coefficient (Wildman–Crippen LogP) is 1.09. The minimum atomic E-state index is -2.42. The van der Waals surface area contributed by atoms with Gasteiger partial charge in [0.25, 0.3) is 0 Å². The van der Waals surface area contributed by atoms with Gasteiger partial charge in [-0.25, -0.2) is 0 Å². The number of benzene rings is 3. The summed E-state index contributed by atoms with van der Waals surface area (Å²) in [5.41, 5.74) is -4.46. The molecule has 0 saturated carbocycles. The zero-order chi connectivity index (χ0) is 53.7. The molecule has 394 valence electrons. The summed E-state index contributed by atoms with van der Waals surface area (Å²) in [7, 11) is 1.28. The number of phenols is 2. The van der Waals surface area contributed by atoms with Crippen LogP contribution in [0.2, 0.25) is 0 Å². The number of ketones is 3. The number of ether oxygens (including phenoxy) is 3. The van der Waals surface area contributed by atoms with E-state index in [-0.39, 0.29) is 59.1 Å². The maximum Gasteiger partial charge on any atom is 0.243 e. The molecule has 0 radical (unpaired) electrons. The number of nitrogens with one attached hydrogen (secondary N) is 5. The van der Waals surface area contributed by atoms with Crippen LogP contribution in [0.3, 0.4) is 0 Å². The van der Waals surface area contributed by atoms with E-state index in [2.05, 4.69) is 26.6 Å². The van der Waals surface area contributed by atoms with E-state index >= 15 is 0 Å². The van der Waals surface area contributed by atoms with Crippen LogP contribution in [0.5, 0.6) is 17.2 Å². The third-order valence-electron chi connectivity index (χ3n) is 13.7. The fraction of sp³-hybridized carbons (Fsp3) is 0.500. The Balaban J connectivity index is 1.16. The van der Waals surface area contributed by atoms with Crippen molar-refractivity contribution in [1.82, 2.24) is 26.6 Å². The fourth-order valence-corrected chi connectivity index (χ4v) is 9.25. The van der Waals surface area contributed by atoms with E-state index in [9.17, 15) is 63.9 Å². The topological polar surface area (TPSA) is 326 Å². The van der Waals surface area contributed by atoms with Gasteiger partial charge in [-0.05, 0) is 37.3 Å². The zero-order valence-electron chi connectivity index (χ0n) is 41.8. The summed E-state index contributed by atoms with van der Waals surface area (Å²) < 4.78 is 17.5. The van der Waals surface area contributed by atoms with Crippen LogP contribution in [-0.4, -0.2) is 141 Å². The van der Waals surface area contributed by atoms with Crippen molar-refractivity contribution in [3.63, 3.8) is 0 Å². The second-order valence-electron chi connectivity index (χ2n) is 19.8. The molecule has 1 aliphatic heterocycles. The molecule has 8 atom stereocenters. The maximum atomic E-state index is 14.1. The van der Waals surface area contributed by atoms with Crippen LogP contribution in [-0.2, 0) is 51.1 Å². The molecule has 3 aromatic rings. The summed E-state index contributed by atoms with van der Waals surface area (Å²) >= 11 is 0. The normalized spacial score (nSPS) is 22.2. The molecular formula is C52H65N5O16. The van der Waals surface area contributed by atoms with Crippen molar-refractivity contribution in [2.75, 3.05) is 26.8 Å². The van der Waals surface area contributed by atoms with Crippen molar-refractivity contribution in [3.05, 3.63) is 87.5 Å². The van der Waals surface area contributed by atoms with Crippen LogP contribution in [0.15, 0.2) is 48.5 Å². The summed E-state index contributed by atoms with van der Waals surface area (Å²) in [4.78, 5) is 108. The molecule has 21 heteroatoms. The lowest BCUT2D eigenvalue weighted by molar-refractivity contribution is -0.249. The highest BCUT2D eigenvalue weighted by atomic mass is 16.7. The Hall–Kier alpha value is -6.78. The molecule has 73 heavy (non-hydrogen) atoms. The number of Topliss-reactive ketones (excluding diaryl/α,β-unsaturated/α-hetero) is 1. The lowest BCUT2D eigenvalue weighted by atomic mass is 9.72. The first-order valence-corrected chi connectivity index (χ1v) is 24.2. The van der Waals surface area contributed by atoms with E-state index in [4.69, 9.17) is 14.2 Å². The molecule has 5 amide bonds. The second kappa shape index (κ2) is 23.0. The molecule has 1 fully saturated rings. The van der Waals surface area contributed by atoms with Gasteiger partial charge in [-0.3, -0.25) is 38.4 Å². The molecule has 10 N–H and O–H groups in total. The van der Waals surface area contributed by atoms with Crippen molar-refractivity contribution >= 4 is 46.9 Å². The monoisotopic (exact) mass is 1020 g/mol. The van der Waals surface area contributed by atoms with E-state index in [1.54, 1.807) is 44.2 Å². The lowest BCUT2D eigenvalue weighted by Crippen LogP contribution is -2.58. The van der Waals surface area contributed by atoms with Crippen molar-refractivity contribution in [2.45, 2.75) is 128 Å². The van der Waals surface area contributed by atoms with Gasteiger partial charge >= 0.3 is 0 Å². The Morgan fingerprint density at radius 2 is 1.53 bits per heavy atom. The number of phenolic OH excluding ortho intramolecular Hbond substituents is 2. The van der Waals surface area contributed by atoms with Crippen LogP contribution < -0.4 is 31.3 Å². The standard InChI is InChI=1S/C52H65N5O16/c1-8-51(5,6)50(69)54-23-37(61)56-32(18-27-13-10-9-11-14-27)49(68)57-31(17-25(2)3)48(67)53-22-36(60)55-30-19-38(72-26(4)43(30)62)73-34-21-52(70,35(59)24-58)20-29-40(34)47(66)42-41(45(29)64)44(63)28-15-12-16-33(71-7)39(28)46(42)65/h9-16,25-26,30-32,34,38,43,58,62,64,66,70H,8,17-24H2,1-7H3,(H,53,67)(H,54,69)(H,55,60)(H,56,61)(H,57,68). The van der Waals surface area contributed by atoms with Gasteiger partial charge in [0.1, 0.15) is 47.6 Å². The van der Waals surface area contributed by atoms with Crippen LogP contribution in [0.25, 0.3) is 0 Å². The van der Waals surface area contributed by atoms with Gasteiger partial charge in [0.05, 0.1) is 55.1 Å². The van der Waals surface area contributed by atoms with Gasteiger partial charge in [0, 0.05) is 47.8 Å². The zero-order valence-corrected chi connectivity index (χ0v) is 41.8. The molecule has 3 aromatic carbocycles. The Kier molecular flexibility index (Phi) is 17.5. The minimum absolute atomic E-state index is 0.0218. The van der Waals surface area contributed by atoms with Crippen LogP contribution in [0.1, 0.15) is 122 Å². The molecule has 6 rings (SSSR count). The van der Waals surface area contributed by atoms with Crippen LogP contribution in [0, 0.1) is 11.3 Å². The third kappa shape index (κ3) is 12.2. The van der Waals surface area contributed by atoms with Crippen LogP contribution in [0.4, 0.5) is 0 Å². The molecule has 0 spiro atoms. The number of fused-ring (bicyclic) bond motifs is 3. The van der Waals surface area contributed by atoms with E-state index < -0.39 is 150 Å². The van der Waals surface area contributed by atoms with Crippen LogP contribution >= 0.6 is 0 Å². The smallest absolute Gasteiger partial charge is 0.243 e. The highest BCUT2D eigenvalue weighted by Gasteiger charge is 2.50. The maximum absolute atomic E-state index is 14.1. The number of carbonyl (C=O) groups excluding carboxylic acids is 8. The molecule has 1 heterocycles. The number of methoxy groups -OCH3 is 1. The van der Waals surface area contributed by atoms with Crippen molar-refractivity contribution in [1.29, 1.82) is 0 Å². The second-order valence-corrected chi connectivity index (χ2v) is 19.8. The van der Waals surface area contributed by atoms with E-state index in [0.717, 1.165) is 0 Å². The summed E-state index contributed by atoms with van der Waals surface area (Å²) in [6.07, 6.45) is -6.29. The SMILES string of the molecule is CCC(C)(C)C(=O)NCC(=O)NC(Cc1ccccc1)C(=O)NC(CC(C)C)C(=O)NCC(=O)NC1CC(OC2CC(O)(C(=O)CO)Cc3c(O)c4c(c(O)c32)C(=O)c2c(OC)cccc2C4=O)OC(C)C1O. The van der Waals surface area contributed by atoms with Crippen molar-refractivity contribution in [2.24, 2.45) is 11.3 Å². The Morgan fingerprint density at radius 1 is 0.863 bits per heavy atom. The van der Waals surface area contributed by atoms with E-state index in [0.29, 0.717) is 12.0 Å². The van der Waals surface area contributed by atoms with E-state index in [1.165, 1.54) is 32.2 Å². The molecule has 8 unspecified atom stereocenters. The van der Waals surface area contributed by atoms with Gasteiger partial charge in [0.2, 0.25) is 35.3 Å². The first kappa shape index (κ1) is 55.5. The molecule has 1 saturated heterocycles. The first-order valence-electron chi connectivity index (χ1n) is 24.2. The molecule has 21 nitrogen and oxygen atoms in total. The highest BCUT2D eigenvalue weighted by Crippen LogP contribution is 2.52. The number of aliphatic hydroxyl groups excluding tert-OH is 2. The summed E-state index contributed by atoms with van der Waals surface area (Å²) in [6.45, 7) is 8.28. The van der Waals surface area contributed by atoms with Gasteiger partial charge < -0.3 is 66.3 Å². The Bertz CT molecular complexity index is 2640. The average molecular weight is 1020 g/mol. The van der Waals surface area contributed by atoms with E-state index in [1.807, 2.05) is 20.8 Å². The molecular weight excluding hydrogens is 951 g/mol. The van der Waals surface area contributed by atoms with Crippen molar-refractivity contribution in [3.8, 4) is 17.2 Å². The number of rotatable bonds is 20. The largest absolute Gasteiger partial charge is 0.507 e.